The molecular weight excluding hydrogens is 412 g/mol. The summed E-state index contributed by atoms with van der Waals surface area (Å²) in [5, 5.41) is 3.23. The lowest BCUT2D eigenvalue weighted by Gasteiger charge is -2.30. The van der Waals surface area contributed by atoms with Crippen LogP contribution in [-0.4, -0.2) is 32.7 Å². The fraction of sp³-hybridized carbons (Fsp3) is 0.381. The van der Waals surface area contributed by atoms with Gasteiger partial charge in [0.1, 0.15) is 11.8 Å². The third kappa shape index (κ3) is 6.11. The van der Waals surface area contributed by atoms with Gasteiger partial charge in [0.05, 0.1) is 18.0 Å². The number of hydrogen-bond donors (Lipinski definition) is 1. The van der Waals surface area contributed by atoms with Crippen LogP contribution in [0.3, 0.4) is 0 Å². The topological polar surface area (TPSA) is 75.7 Å². The summed E-state index contributed by atoms with van der Waals surface area (Å²) >= 11 is 6.18. The summed E-state index contributed by atoms with van der Waals surface area (Å²) in [7, 11) is -3.72. The van der Waals surface area contributed by atoms with E-state index in [9.17, 15) is 13.2 Å². The molecule has 0 aliphatic rings. The van der Waals surface area contributed by atoms with E-state index in [2.05, 4.69) is 5.32 Å². The molecule has 2 rings (SSSR count). The average Bonchev–Trinajstić information content (AvgIpc) is 2.62. The quantitative estimate of drug-likeness (QED) is 0.652. The Kier molecular flexibility index (Phi) is 7.54. The largest absolute Gasteiger partial charge is 0.491 e. The van der Waals surface area contributed by atoms with Crippen molar-refractivity contribution in [3.8, 4) is 5.75 Å². The number of nitrogens with one attached hydrogen (secondary N) is 1. The summed E-state index contributed by atoms with van der Waals surface area (Å²) in [6, 6.07) is 11.0. The zero-order chi connectivity index (χ0) is 21.8. The highest BCUT2D eigenvalue weighted by Crippen LogP contribution is 2.28. The molecule has 1 N–H and O–H groups in total. The fourth-order valence-corrected chi connectivity index (χ4v) is 4.27. The van der Waals surface area contributed by atoms with Crippen LogP contribution in [-0.2, 0) is 14.8 Å². The zero-order valence-electron chi connectivity index (χ0n) is 17.3. The van der Waals surface area contributed by atoms with Gasteiger partial charge >= 0.3 is 0 Å². The summed E-state index contributed by atoms with van der Waals surface area (Å²) in [6.45, 7) is 7.45. The van der Waals surface area contributed by atoms with Crippen LogP contribution >= 0.6 is 11.6 Å². The smallest absolute Gasteiger partial charge is 0.248 e. The molecule has 158 valence electrons. The maximum atomic E-state index is 12.9. The number of carbonyl (C=O) groups is 1. The van der Waals surface area contributed by atoms with Crippen LogP contribution in [0.1, 0.15) is 32.8 Å². The van der Waals surface area contributed by atoms with Crippen LogP contribution in [0.5, 0.6) is 5.75 Å². The van der Waals surface area contributed by atoms with Gasteiger partial charge in [0.25, 0.3) is 0 Å². The van der Waals surface area contributed by atoms with E-state index in [1.54, 1.807) is 49.4 Å². The highest BCUT2D eigenvalue weighted by molar-refractivity contribution is 7.92. The minimum atomic E-state index is -3.72. The zero-order valence-corrected chi connectivity index (χ0v) is 18.8. The molecule has 1 atom stereocenters. The van der Waals surface area contributed by atoms with Crippen LogP contribution < -0.4 is 14.4 Å². The van der Waals surface area contributed by atoms with Gasteiger partial charge in [-0.15, -0.1) is 0 Å². The number of aryl methyl sites for hydroxylation is 1. The number of nitrogens with zero attached hydrogens (tertiary/aromatic N) is 1. The number of ether oxygens (including phenoxy) is 1. The molecule has 0 saturated heterocycles. The lowest BCUT2D eigenvalue weighted by molar-refractivity contribution is -0.117. The van der Waals surface area contributed by atoms with Crippen molar-refractivity contribution in [1.82, 2.24) is 0 Å². The minimum Gasteiger partial charge on any atom is -0.491 e. The number of anilines is 2. The Morgan fingerprint density at radius 3 is 2.28 bits per heavy atom. The molecule has 8 heteroatoms. The molecule has 2 aromatic carbocycles. The number of sulfonamides is 1. The molecular formula is C21H27ClN2O4S. The molecule has 1 amide bonds. The van der Waals surface area contributed by atoms with Crippen molar-refractivity contribution < 1.29 is 17.9 Å². The number of rotatable bonds is 8. The van der Waals surface area contributed by atoms with Gasteiger partial charge in [0.15, 0.2) is 0 Å². The summed E-state index contributed by atoms with van der Waals surface area (Å²) < 4.78 is 31.7. The Labute approximate surface area is 177 Å². The first-order chi connectivity index (χ1) is 13.5. The molecule has 0 aliphatic carbocycles. The van der Waals surface area contributed by atoms with Gasteiger partial charge in [-0.05, 0) is 69.2 Å². The number of amides is 1. The number of hydrogen-bond acceptors (Lipinski definition) is 4. The Morgan fingerprint density at radius 2 is 1.79 bits per heavy atom. The van der Waals surface area contributed by atoms with Gasteiger partial charge in [-0.1, -0.05) is 24.6 Å². The summed E-state index contributed by atoms with van der Waals surface area (Å²) in [5.74, 6) is 0.268. The van der Waals surface area contributed by atoms with Crippen molar-refractivity contribution in [1.29, 1.82) is 0 Å². The van der Waals surface area contributed by atoms with E-state index in [0.717, 1.165) is 16.1 Å². The normalized spacial score (nSPS) is 12.5. The molecule has 0 fully saturated rings. The van der Waals surface area contributed by atoms with E-state index in [-0.39, 0.29) is 6.10 Å². The second kappa shape index (κ2) is 9.50. The van der Waals surface area contributed by atoms with Gasteiger partial charge in [-0.25, -0.2) is 8.42 Å². The lowest BCUT2D eigenvalue weighted by atomic mass is 10.1. The SMILES string of the molecule is CCC(C(=O)Nc1ccc(OC(C)C)cc1)N(c1ccc(C)c(Cl)c1)S(C)(=O)=O. The van der Waals surface area contributed by atoms with Crippen LogP contribution in [0, 0.1) is 6.92 Å². The first kappa shape index (κ1) is 23.0. The van der Waals surface area contributed by atoms with E-state index in [4.69, 9.17) is 16.3 Å². The maximum absolute atomic E-state index is 12.9. The molecule has 0 bridgehead atoms. The van der Waals surface area contributed by atoms with Gasteiger partial charge in [-0.3, -0.25) is 9.10 Å². The first-order valence-electron chi connectivity index (χ1n) is 9.36. The maximum Gasteiger partial charge on any atom is 0.248 e. The van der Waals surface area contributed by atoms with Gasteiger partial charge in [0.2, 0.25) is 15.9 Å². The summed E-state index contributed by atoms with van der Waals surface area (Å²) in [5.41, 5.74) is 1.73. The van der Waals surface area contributed by atoms with Crippen LogP contribution in [0.15, 0.2) is 42.5 Å². The molecule has 0 radical (unpaired) electrons. The van der Waals surface area contributed by atoms with Crippen molar-refractivity contribution in [2.45, 2.75) is 46.3 Å². The molecule has 0 spiro atoms. The highest BCUT2D eigenvalue weighted by atomic mass is 35.5. The second-order valence-electron chi connectivity index (χ2n) is 7.10. The van der Waals surface area contributed by atoms with Crippen molar-refractivity contribution in [2.24, 2.45) is 0 Å². The first-order valence-corrected chi connectivity index (χ1v) is 11.6. The lowest BCUT2D eigenvalue weighted by Crippen LogP contribution is -2.47. The average molecular weight is 439 g/mol. The van der Waals surface area contributed by atoms with E-state index in [1.807, 2.05) is 20.8 Å². The Bertz CT molecular complexity index is 959. The summed E-state index contributed by atoms with van der Waals surface area (Å²) in [4.78, 5) is 12.9. The van der Waals surface area contributed by atoms with E-state index in [1.165, 1.54) is 0 Å². The van der Waals surface area contributed by atoms with Crippen LogP contribution in [0.2, 0.25) is 5.02 Å². The molecule has 1 unspecified atom stereocenters. The molecule has 29 heavy (non-hydrogen) atoms. The van der Waals surface area contributed by atoms with Crippen LogP contribution in [0.25, 0.3) is 0 Å². The highest BCUT2D eigenvalue weighted by Gasteiger charge is 2.31. The predicted molar refractivity (Wildman–Crippen MR) is 118 cm³/mol. The van der Waals surface area contributed by atoms with Crippen molar-refractivity contribution in [2.75, 3.05) is 15.9 Å². The van der Waals surface area contributed by atoms with Crippen molar-refractivity contribution >= 4 is 38.9 Å². The molecule has 6 nitrogen and oxygen atoms in total. The monoisotopic (exact) mass is 438 g/mol. The Balaban J connectivity index is 2.29. The summed E-state index contributed by atoms with van der Waals surface area (Å²) in [6.07, 6.45) is 1.41. The molecule has 0 aromatic heterocycles. The third-order valence-corrected chi connectivity index (χ3v) is 5.82. The van der Waals surface area contributed by atoms with Gasteiger partial charge in [0, 0.05) is 10.7 Å². The third-order valence-electron chi connectivity index (χ3n) is 4.23. The molecule has 0 saturated carbocycles. The second-order valence-corrected chi connectivity index (χ2v) is 9.36. The van der Waals surface area contributed by atoms with E-state index < -0.39 is 22.0 Å². The number of benzene rings is 2. The van der Waals surface area contributed by atoms with E-state index in [0.29, 0.717) is 28.6 Å². The number of halogens is 1. The molecule has 2 aromatic rings. The number of carbonyl (C=O) groups excluding carboxylic acids is 1. The fourth-order valence-electron chi connectivity index (χ4n) is 2.89. The Morgan fingerprint density at radius 1 is 1.17 bits per heavy atom. The molecule has 0 aliphatic heterocycles. The molecule has 0 heterocycles. The van der Waals surface area contributed by atoms with Crippen LogP contribution in [0.4, 0.5) is 11.4 Å². The Hall–Kier alpha value is -2.25. The van der Waals surface area contributed by atoms with Gasteiger partial charge in [-0.2, -0.15) is 0 Å². The van der Waals surface area contributed by atoms with Crippen molar-refractivity contribution in [3.05, 3.63) is 53.1 Å². The van der Waals surface area contributed by atoms with Gasteiger partial charge < -0.3 is 10.1 Å². The van der Waals surface area contributed by atoms with Crippen molar-refractivity contribution in [3.63, 3.8) is 0 Å². The minimum absolute atomic E-state index is 0.0459. The van der Waals surface area contributed by atoms with E-state index >= 15 is 0 Å². The predicted octanol–water partition coefficient (Wildman–Crippen LogP) is 4.62. The standard InChI is InChI=1S/C21H27ClN2O4S/c1-6-20(21(25)23-16-8-11-18(12-9-16)28-14(2)3)24(29(5,26)27)17-10-7-15(4)19(22)13-17/h7-14,20H,6H2,1-5H3,(H,23,25).